The summed E-state index contributed by atoms with van der Waals surface area (Å²) < 4.78 is 0. The molecular weight excluding hydrogens is 358 g/mol. The highest BCUT2D eigenvalue weighted by molar-refractivity contribution is 6.01. The molecular formula is C22H27NO5. The molecule has 2 aliphatic rings. The van der Waals surface area contributed by atoms with E-state index in [2.05, 4.69) is 5.32 Å². The predicted molar refractivity (Wildman–Crippen MR) is 104 cm³/mol. The smallest absolute Gasteiger partial charge is 0.307 e. The van der Waals surface area contributed by atoms with Crippen molar-refractivity contribution in [1.82, 2.24) is 0 Å². The van der Waals surface area contributed by atoms with Crippen LogP contribution in [0.2, 0.25) is 0 Å². The van der Waals surface area contributed by atoms with E-state index >= 15 is 0 Å². The molecule has 6 nitrogen and oxygen atoms in total. The molecule has 2 fully saturated rings. The Labute approximate surface area is 164 Å². The summed E-state index contributed by atoms with van der Waals surface area (Å²) in [7, 11) is 0. The first kappa shape index (κ1) is 20.2. The number of aliphatic carboxylic acids is 1. The van der Waals surface area contributed by atoms with Crippen molar-refractivity contribution in [3.63, 3.8) is 0 Å². The van der Waals surface area contributed by atoms with Crippen LogP contribution in [-0.4, -0.2) is 28.5 Å². The Balaban J connectivity index is 1.81. The van der Waals surface area contributed by atoms with Crippen molar-refractivity contribution in [1.29, 1.82) is 0 Å². The van der Waals surface area contributed by atoms with E-state index in [0.717, 1.165) is 12.8 Å². The van der Waals surface area contributed by atoms with E-state index in [1.165, 1.54) is 6.92 Å². The lowest BCUT2D eigenvalue weighted by Crippen LogP contribution is -2.38. The first-order valence-corrected chi connectivity index (χ1v) is 9.67. The first-order chi connectivity index (χ1) is 13.0. The lowest BCUT2D eigenvalue weighted by Gasteiger charge is -2.32. The van der Waals surface area contributed by atoms with Crippen LogP contribution in [0.25, 0.3) is 0 Å². The highest BCUT2D eigenvalue weighted by Crippen LogP contribution is 2.67. The molecule has 6 heteroatoms. The van der Waals surface area contributed by atoms with Crippen LogP contribution in [0.4, 0.5) is 5.69 Å². The van der Waals surface area contributed by atoms with Gasteiger partial charge in [0, 0.05) is 35.9 Å². The van der Waals surface area contributed by atoms with Crippen molar-refractivity contribution in [2.45, 2.75) is 47.0 Å². The zero-order chi connectivity index (χ0) is 20.9. The monoisotopic (exact) mass is 385 g/mol. The number of carbonyl (C=O) groups excluding carboxylic acids is 3. The number of rotatable bonds is 6. The summed E-state index contributed by atoms with van der Waals surface area (Å²) in [6, 6.07) is 6.36. The van der Waals surface area contributed by atoms with Crippen molar-refractivity contribution in [2.24, 2.45) is 28.6 Å². The van der Waals surface area contributed by atoms with Gasteiger partial charge in [-0.05, 0) is 48.4 Å². The molecule has 0 aliphatic heterocycles. The number of hydrogen-bond acceptors (Lipinski definition) is 4. The largest absolute Gasteiger partial charge is 0.481 e. The van der Waals surface area contributed by atoms with Gasteiger partial charge in [0.05, 0.1) is 5.92 Å². The molecule has 0 spiro atoms. The molecule has 150 valence electrons. The van der Waals surface area contributed by atoms with Gasteiger partial charge in [-0.1, -0.05) is 20.8 Å². The molecule has 2 saturated carbocycles. The fraction of sp³-hybridized carbons (Fsp3) is 0.545. The molecule has 2 bridgehead atoms. The predicted octanol–water partition coefficient (Wildman–Crippen LogP) is 3.56. The zero-order valence-corrected chi connectivity index (χ0v) is 16.7. The van der Waals surface area contributed by atoms with Gasteiger partial charge in [0.2, 0.25) is 5.91 Å². The van der Waals surface area contributed by atoms with E-state index in [9.17, 15) is 24.3 Å². The fourth-order valence-corrected chi connectivity index (χ4v) is 5.25. The van der Waals surface area contributed by atoms with Crippen LogP contribution in [0.3, 0.4) is 0 Å². The molecule has 2 N–H and O–H groups in total. The van der Waals surface area contributed by atoms with Gasteiger partial charge in [-0.3, -0.25) is 19.2 Å². The van der Waals surface area contributed by atoms with Crippen molar-refractivity contribution in [3.05, 3.63) is 29.8 Å². The molecule has 0 heterocycles. The minimum atomic E-state index is -1.09. The average molecular weight is 385 g/mol. The summed E-state index contributed by atoms with van der Waals surface area (Å²) in [6.45, 7) is 7.43. The number of fused-ring (bicyclic) bond motifs is 2. The summed E-state index contributed by atoms with van der Waals surface area (Å²) in [5, 5.41) is 12.4. The third kappa shape index (κ3) is 3.05. The Bertz CT molecular complexity index is 841. The van der Waals surface area contributed by atoms with E-state index in [1.54, 1.807) is 24.3 Å². The average Bonchev–Trinajstić information content (AvgIpc) is 2.92. The van der Waals surface area contributed by atoms with Crippen molar-refractivity contribution in [2.75, 3.05) is 5.32 Å². The summed E-state index contributed by atoms with van der Waals surface area (Å²) in [5.74, 6) is -3.25. The van der Waals surface area contributed by atoms with Gasteiger partial charge in [-0.25, -0.2) is 0 Å². The number of Topliss-reactive ketones (excluding diaryl/α,β-unsaturated/α-hetero) is 2. The minimum absolute atomic E-state index is 0.00467. The number of carboxylic acid groups (broad SMARTS) is 1. The molecule has 0 aromatic heterocycles. The van der Waals surface area contributed by atoms with Crippen LogP contribution in [0.1, 0.15) is 57.3 Å². The number of nitrogens with one attached hydrogen (secondary N) is 1. The van der Waals surface area contributed by atoms with Gasteiger partial charge in [-0.2, -0.15) is 0 Å². The standard InChI is InChI=1S/C22H27NO5/c1-12(24)23-14-7-5-13(6-8-14)17(25)11-15(20(27)28)18-16-9-10-22(4,19(18)26)21(16,2)3/h5-8,15-16,18H,9-11H2,1-4H3,(H,23,24)(H,27,28)/t15-,16?,18+,22?/m1/s1. The zero-order valence-electron chi connectivity index (χ0n) is 16.7. The Morgan fingerprint density at radius 3 is 2.25 bits per heavy atom. The minimum Gasteiger partial charge on any atom is -0.481 e. The van der Waals surface area contributed by atoms with Crippen LogP contribution >= 0.6 is 0 Å². The lowest BCUT2D eigenvalue weighted by atomic mass is 9.70. The number of carbonyl (C=O) groups is 4. The van der Waals surface area contributed by atoms with E-state index in [1.807, 2.05) is 20.8 Å². The SMILES string of the molecule is CC(=O)Nc1ccc(C(=O)C[C@@H](C(=O)O)[C@@H]2C(=O)C3(C)CCC2C3(C)C)cc1. The second kappa shape index (κ2) is 6.83. The quantitative estimate of drug-likeness (QED) is 0.729. The van der Waals surface area contributed by atoms with Crippen molar-refractivity contribution in [3.8, 4) is 0 Å². The normalized spacial score (nSPS) is 28.8. The number of benzene rings is 1. The second-order valence-corrected chi connectivity index (χ2v) is 8.92. The summed E-state index contributed by atoms with van der Waals surface area (Å²) in [5.41, 5.74) is 0.170. The molecule has 1 amide bonds. The Morgan fingerprint density at radius 2 is 1.79 bits per heavy atom. The van der Waals surface area contributed by atoms with Crippen LogP contribution in [0.5, 0.6) is 0 Å². The summed E-state index contributed by atoms with van der Waals surface area (Å²) in [6.07, 6.45) is 1.40. The van der Waals surface area contributed by atoms with Gasteiger partial charge in [0.25, 0.3) is 0 Å². The maximum atomic E-state index is 13.1. The topological polar surface area (TPSA) is 101 Å². The van der Waals surface area contributed by atoms with Crippen LogP contribution < -0.4 is 5.32 Å². The molecule has 3 rings (SSSR count). The highest BCUT2D eigenvalue weighted by Gasteiger charge is 2.68. The number of ketones is 2. The van der Waals surface area contributed by atoms with E-state index in [-0.39, 0.29) is 35.2 Å². The maximum Gasteiger partial charge on any atom is 0.307 e. The van der Waals surface area contributed by atoms with Gasteiger partial charge in [0.1, 0.15) is 5.78 Å². The number of amides is 1. The van der Waals surface area contributed by atoms with E-state index in [0.29, 0.717) is 11.3 Å². The molecule has 1 aromatic rings. The Kier molecular flexibility index (Phi) is 4.94. The maximum absolute atomic E-state index is 13.1. The molecule has 4 atom stereocenters. The highest BCUT2D eigenvalue weighted by atomic mass is 16.4. The molecule has 2 aliphatic carbocycles. The molecule has 0 saturated heterocycles. The number of hydrogen-bond donors (Lipinski definition) is 2. The molecule has 2 unspecified atom stereocenters. The Hall–Kier alpha value is -2.50. The van der Waals surface area contributed by atoms with Gasteiger partial charge >= 0.3 is 5.97 Å². The van der Waals surface area contributed by atoms with Gasteiger partial charge in [-0.15, -0.1) is 0 Å². The van der Waals surface area contributed by atoms with Gasteiger partial charge in [0.15, 0.2) is 5.78 Å². The number of anilines is 1. The Morgan fingerprint density at radius 1 is 1.18 bits per heavy atom. The lowest BCUT2D eigenvalue weighted by molar-refractivity contribution is -0.148. The van der Waals surface area contributed by atoms with Crippen molar-refractivity contribution < 1.29 is 24.3 Å². The fourth-order valence-electron chi connectivity index (χ4n) is 5.25. The number of carboxylic acids is 1. The van der Waals surface area contributed by atoms with Crippen LogP contribution in [0, 0.1) is 28.6 Å². The third-order valence-electron chi connectivity index (χ3n) is 7.27. The molecule has 1 aromatic carbocycles. The first-order valence-electron chi connectivity index (χ1n) is 9.67. The molecule has 28 heavy (non-hydrogen) atoms. The second-order valence-electron chi connectivity index (χ2n) is 8.92. The van der Waals surface area contributed by atoms with Gasteiger partial charge < -0.3 is 10.4 Å². The third-order valence-corrected chi connectivity index (χ3v) is 7.27. The van der Waals surface area contributed by atoms with E-state index < -0.39 is 23.2 Å². The summed E-state index contributed by atoms with van der Waals surface area (Å²) in [4.78, 5) is 49.0. The molecule has 0 radical (unpaired) electrons. The van der Waals surface area contributed by atoms with Crippen LogP contribution in [-0.2, 0) is 14.4 Å². The van der Waals surface area contributed by atoms with Crippen molar-refractivity contribution >= 4 is 29.1 Å². The van der Waals surface area contributed by atoms with E-state index in [4.69, 9.17) is 0 Å². The van der Waals surface area contributed by atoms with Crippen LogP contribution in [0.15, 0.2) is 24.3 Å². The summed E-state index contributed by atoms with van der Waals surface area (Å²) >= 11 is 0.